The molecule has 5 heteroatoms. The summed E-state index contributed by atoms with van der Waals surface area (Å²) >= 11 is 0. The molecule has 5 nitrogen and oxygen atoms in total. The van der Waals surface area contributed by atoms with Crippen molar-refractivity contribution in [2.45, 2.75) is 96.2 Å². The maximum atomic E-state index is 12.9. The van der Waals surface area contributed by atoms with Gasteiger partial charge in [0.15, 0.2) is 0 Å². The summed E-state index contributed by atoms with van der Waals surface area (Å²) in [7, 11) is 0. The van der Waals surface area contributed by atoms with Crippen molar-refractivity contribution in [3.8, 4) is 0 Å². The molecule has 2 unspecified atom stereocenters. The minimum absolute atomic E-state index is 0.0162. The highest BCUT2D eigenvalue weighted by atomic mass is 16.2. The molecule has 0 aliphatic carbocycles. The molecule has 2 rings (SSSR count). The van der Waals surface area contributed by atoms with Crippen LogP contribution in [0.4, 0.5) is 4.79 Å². The summed E-state index contributed by atoms with van der Waals surface area (Å²) in [5, 5.41) is 6.52. The Morgan fingerprint density at radius 1 is 1.13 bits per heavy atom. The van der Waals surface area contributed by atoms with Crippen molar-refractivity contribution in [1.82, 2.24) is 15.5 Å². The van der Waals surface area contributed by atoms with Crippen LogP contribution in [0, 0.1) is 0 Å². The number of carbonyl (C=O) groups excluding carboxylic acids is 2. The highest BCUT2D eigenvalue weighted by Crippen LogP contribution is 2.35. The molecule has 2 N–H and O–H groups in total. The van der Waals surface area contributed by atoms with E-state index >= 15 is 0 Å². The first kappa shape index (κ1) is 18.2. The van der Waals surface area contributed by atoms with Gasteiger partial charge in [-0.2, -0.15) is 0 Å². The van der Waals surface area contributed by atoms with E-state index in [0.717, 1.165) is 12.8 Å². The fraction of sp³-hybridized carbons (Fsp3) is 0.889. The summed E-state index contributed by atoms with van der Waals surface area (Å²) in [5.74, 6) is -0.0162. The van der Waals surface area contributed by atoms with E-state index in [0.29, 0.717) is 19.4 Å². The smallest absolute Gasteiger partial charge is 0.323 e. The zero-order chi connectivity index (χ0) is 17.1. The van der Waals surface area contributed by atoms with Crippen molar-refractivity contribution >= 4 is 11.9 Å². The summed E-state index contributed by atoms with van der Waals surface area (Å²) in [4.78, 5) is 26.7. The third-order valence-corrected chi connectivity index (χ3v) is 5.02. The summed E-state index contributed by atoms with van der Waals surface area (Å²) in [6.45, 7) is 9.04. The van der Waals surface area contributed by atoms with Gasteiger partial charge >= 0.3 is 6.03 Å². The quantitative estimate of drug-likeness (QED) is 0.559. The van der Waals surface area contributed by atoms with E-state index in [4.69, 9.17) is 0 Å². The first-order chi connectivity index (χ1) is 10.8. The lowest BCUT2D eigenvalue weighted by atomic mass is 9.75. The van der Waals surface area contributed by atoms with Crippen LogP contribution in [0.2, 0.25) is 0 Å². The first-order valence-electron chi connectivity index (χ1n) is 9.21. The molecule has 23 heavy (non-hydrogen) atoms. The topological polar surface area (TPSA) is 61.4 Å². The fourth-order valence-electron chi connectivity index (χ4n) is 4.31. The molecule has 1 spiro atoms. The van der Waals surface area contributed by atoms with Crippen LogP contribution >= 0.6 is 0 Å². The number of nitrogens with zero attached hydrogens (tertiary/aromatic N) is 1. The van der Waals surface area contributed by atoms with Gasteiger partial charge in [0.05, 0.1) is 0 Å². The van der Waals surface area contributed by atoms with E-state index < -0.39 is 5.54 Å². The van der Waals surface area contributed by atoms with Crippen LogP contribution in [-0.4, -0.2) is 40.5 Å². The highest BCUT2D eigenvalue weighted by molar-refractivity contribution is 6.07. The van der Waals surface area contributed by atoms with Crippen molar-refractivity contribution in [3.63, 3.8) is 0 Å². The molecule has 2 atom stereocenters. The third-order valence-electron chi connectivity index (χ3n) is 5.02. The Hall–Kier alpha value is -1.10. The van der Waals surface area contributed by atoms with E-state index in [-0.39, 0.29) is 23.5 Å². The molecule has 0 aromatic carbocycles. The van der Waals surface area contributed by atoms with E-state index in [1.165, 1.54) is 30.6 Å². The van der Waals surface area contributed by atoms with Crippen LogP contribution in [0.15, 0.2) is 0 Å². The number of urea groups is 1. The Morgan fingerprint density at radius 3 is 2.43 bits per heavy atom. The Labute approximate surface area is 140 Å². The average Bonchev–Trinajstić information content (AvgIpc) is 2.63. The molecule has 0 saturated carbocycles. The number of hydrogen-bond donors (Lipinski definition) is 2. The Kier molecular flexibility index (Phi) is 5.71. The van der Waals surface area contributed by atoms with Crippen LogP contribution < -0.4 is 10.6 Å². The lowest BCUT2D eigenvalue weighted by Gasteiger charge is -2.45. The molecular weight excluding hydrogens is 290 g/mol. The van der Waals surface area contributed by atoms with Crippen LogP contribution in [-0.2, 0) is 4.79 Å². The predicted octanol–water partition coefficient (Wildman–Crippen LogP) is 3.19. The monoisotopic (exact) mass is 323 g/mol. The van der Waals surface area contributed by atoms with Gasteiger partial charge in [-0.3, -0.25) is 9.69 Å². The fourth-order valence-corrected chi connectivity index (χ4v) is 4.31. The number of amides is 3. The van der Waals surface area contributed by atoms with Crippen LogP contribution in [0.5, 0.6) is 0 Å². The number of carbonyl (C=O) groups is 2. The standard InChI is InChI=1S/C18H33N3O2/c1-5-6-7-8-9-10-11-21-15(22)18(20-16(21)23)12-14(2)19-17(3,4)13-18/h14,19H,5-13H2,1-4H3,(H,20,23). The van der Waals surface area contributed by atoms with E-state index in [1.54, 1.807) is 0 Å². The lowest BCUT2D eigenvalue weighted by molar-refractivity contribution is -0.133. The summed E-state index contributed by atoms with van der Waals surface area (Å²) in [6.07, 6.45) is 8.28. The second-order valence-corrected chi connectivity index (χ2v) is 8.05. The van der Waals surface area contributed by atoms with Gasteiger partial charge in [0.2, 0.25) is 0 Å². The van der Waals surface area contributed by atoms with Gasteiger partial charge in [0.1, 0.15) is 5.54 Å². The summed E-state index contributed by atoms with van der Waals surface area (Å²) in [5.41, 5.74) is -0.843. The maximum Gasteiger partial charge on any atom is 0.325 e. The van der Waals surface area contributed by atoms with Crippen molar-refractivity contribution in [3.05, 3.63) is 0 Å². The number of nitrogens with one attached hydrogen (secondary N) is 2. The van der Waals surface area contributed by atoms with Gasteiger partial charge in [0, 0.05) is 18.1 Å². The van der Waals surface area contributed by atoms with Gasteiger partial charge in [-0.15, -0.1) is 0 Å². The number of hydrogen-bond acceptors (Lipinski definition) is 3. The lowest BCUT2D eigenvalue weighted by Crippen LogP contribution is -2.64. The second kappa shape index (κ2) is 7.20. The minimum Gasteiger partial charge on any atom is -0.323 e. The van der Waals surface area contributed by atoms with Crippen LogP contribution in [0.3, 0.4) is 0 Å². The molecule has 0 aromatic heterocycles. The van der Waals surface area contributed by atoms with Crippen LogP contribution in [0.25, 0.3) is 0 Å². The molecule has 3 amide bonds. The SMILES string of the molecule is CCCCCCCCN1C(=O)NC2(CC(C)NC(C)(C)C2)C1=O. The predicted molar refractivity (Wildman–Crippen MR) is 92.3 cm³/mol. The Morgan fingerprint density at radius 2 is 1.78 bits per heavy atom. The number of rotatable bonds is 7. The number of imide groups is 1. The third kappa shape index (κ3) is 4.25. The van der Waals surface area contributed by atoms with Gasteiger partial charge in [-0.1, -0.05) is 39.0 Å². The van der Waals surface area contributed by atoms with Crippen molar-refractivity contribution in [2.75, 3.05) is 6.54 Å². The second-order valence-electron chi connectivity index (χ2n) is 8.05. The Balaban J connectivity index is 1.92. The summed E-state index contributed by atoms with van der Waals surface area (Å²) in [6, 6.07) is 0.0189. The minimum atomic E-state index is -0.701. The van der Waals surface area contributed by atoms with Gasteiger partial charge in [-0.25, -0.2) is 4.79 Å². The normalized spacial score (nSPS) is 30.1. The van der Waals surface area contributed by atoms with E-state index in [2.05, 4.69) is 38.3 Å². The number of piperidine rings is 1. The first-order valence-corrected chi connectivity index (χ1v) is 9.21. The molecule has 2 aliphatic rings. The van der Waals surface area contributed by atoms with E-state index in [1.807, 2.05) is 0 Å². The average molecular weight is 323 g/mol. The molecule has 2 saturated heterocycles. The van der Waals surface area contributed by atoms with Crippen molar-refractivity contribution < 1.29 is 9.59 Å². The molecule has 132 valence electrons. The molecule has 0 bridgehead atoms. The molecule has 0 aromatic rings. The van der Waals surface area contributed by atoms with Gasteiger partial charge in [0.25, 0.3) is 5.91 Å². The summed E-state index contributed by atoms with van der Waals surface area (Å²) < 4.78 is 0. The van der Waals surface area contributed by atoms with Crippen molar-refractivity contribution in [2.24, 2.45) is 0 Å². The van der Waals surface area contributed by atoms with Gasteiger partial charge in [-0.05, 0) is 40.0 Å². The molecule has 2 fully saturated rings. The van der Waals surface area contributed by atoms with Crippen LogP contribution in [0.1, 0.15) is 79.1 Å². The molecule has 0 radical (unpaired) electrons. The Bertz CT molecular complexity index is 450. The number of unbranched alkanes of at least 4 members (excludes halogenated alkanes) is 5. The molecule has 2 aliphatic heterocycles. The zero-order valence-corrected chi connectivity index (χ0v) is 15.2. The van der Waals surface area contributed by atoms with Crippen molar-refractivity contribution in [1.29, 1.82) is 0 Å². The van der Waals surface area contributed by atoms with Gasteiger partial charge < -0.3 is 10.6 Å². The molecular formula is C18H33N3O2. The van der Waals surface area contributed by atoms with E-state index in [9.17, 15) is 9.59 Å². The largest absolute Gasteiger partial charge is 0.325 e. The highest BCUT2D eigenvalue weighted by Gasteiger charge is 2.55. The zero-order valence-electron chi connectivity index (χ0n) is 15.2. The maximum absolute atomic E-state index is 12.9. The molecule has 2 heterocycles.